The summed E-state index contributed by atoms with van der Waals surface area (Å²) >= 11 is 6.59. The number of halogens is 2. The highest BCUT2D eigenvalue weighted by molar-refractivity contribution is 6.36. The summed E-state index contributed by atoms with van der Waals surface area (Å²) in [5.74, 6) is -0.780. The lowest BCUT2D eigenvalue weighted by Gasteiger charge is -2.23. The third-order valence-electron chi connectivity index (χ3n) is 6.35. The Hall–Kier alpha value is -3.39. The topological polar surface area (TPSA) is 67.7 Å². The van der Waals surface area contributed by atoms with E-state index < -0.39 is 11.4 Å². The molecule has 4 rings (SSSR count). The van der Waals surface area contributed by atoms with Gasteiger partial charge in [-0.3, -0.25) is 9.78 Å². The first-order valence-corrected chi connectivity index (χ1v) is 12.6. The van der Waals surface area contributed by atoms with E-state index >= 15 is 0 Å². The monoisotopic (exact) mass is 526 g/mol. The van der Waals surface area contributed by atoms with Crippen molar-refractivity contribution in [2.45, 2.75) is 52.7 Å². The van der Waals surface area contributed by atoms with E-state index in [4.69, 9.17) is 16.3 Å². The minimum absolute atomic E-state index is 0.0586. The first kappa shape index (κ1) is 26.7. The zero-order chi connectivity index (χ0) is 27.1. The summed E-state index contributed by atoms with van der Waals surface area (Å²) in [6.07, 6.45) is 7.50. The molecular formula is C28H32ClFN4O3. The van der Waals surface area contributed by atoms with Gasteiger partial charge in [0.25, 0.3) is 5.91 Å². The van der Waals surface area contributed by atoms with Gasteiger partial charge in [0, 0.05) is 49.5 Å². The summed E-state index contributed by atoms with van der Waals surface area (Å²) in [5, 5.41) is 1.22. The normalized spacial score (nSPS) is 15.2. The molecule has 1 fully saturated rings. The van der Waals surface area contributed by atoms with Gasteiger partial charge in [-0.2, -0.15) is 0 Å². The van der Waals surface area contributed by atoms with E-state index in [-0.39, 0.29) is 23.6 Å². The first-order chi connectivity index (χ1) is 17.4. The van der Waals surface area contributed by atoms with Gasteiger partial charge in [-0.1, -0.05) is 17.7 Å². The van der Waals surface area contributed by atoms with Gasteiger partial charge in [-0.15, -0.1) is 0 Å². The standard InChI is InChI=1S/C28H32ClFN4O3/c1-17(2)32(6)26(35)21-12-20(30)7-8-23(21)34-16-19(25-22(29)13-31-14-24(25)34)11-18-9-10-33(15-18)27(36)37-28(3,4)5/h7-8,11-14,16-17H,9-10,15H2,1-6H3/b18-11+. The maximum atomic E-state index is 14.3. The number of rotatable bonds is 4. The molecule has 37 heavy (non-hydrogen) atoms. The lowest BCUT2D eigenvalue weighted by Crippen LogP contribution is -2.34. The predicted molar refractivity (Wildman–Crippen MR) is 144 cm³/mol. The molecule has 0 radical (unpaired) electrons. The van der Waals surface area contributed by atoms with E-state index in [2.05, 4.69) is 4.98 Å². The van der Waals surface area contributed by atoms with Crippen LogP contribution in [0.25, 0.3) is 22.7 Å². The molecule has 0 saturated carbocycles. The van der Waals surface area contributed by atoms with Crippen LogP contribution in [0.2, 0.25) is 5.02 Å². The Bertz CT molecular complexity index is 1390. The number of ether oxygens (including phenoxy) is 1. The number of hydrogen-bond acceptors (Lipinski definition) is 4. The van der Waals surface area contributed by atoms with Crippen LogP contribution in [0, 0.1) is 5.82 Å². The maximum absolute atomic E-state index is 14.3. The molecule has 9 heteroatoms. The molecular weight excluding hydrogens is 495 g/mol. The van der Waals surface area contributed by atoms with Crippen LogP contribution < -0.4 is 0 Å². The van der Waals surface area contributed by atoms with Crippen LogP contribution in [-0.4, -0.2) is 63.1 Å². The van der Waals surface area contributed by atoms with Gasteiger partial charge in [0.05, 0.1) is 28.0 Å². The van der Waals surface area contributed by atoms with E-state index in [0.717, 1.165) is 16.5 Å². The Balaban J connectivity index is 1.78. The molecule has 0 spiro atoms. The second-order valence-electron chi connectivity index (χ2n) is 10.6. The highest BCUT2D eigenvalue weighted by Crippen LogP contribution is 2.34. The summed E-state index contributed by atoms with van der Waals surface area (Å²) in [6, 6.07) is 4.12. The average Bonchev–Trinajstić information content (AvgIpc) is 3.43. The SMILES string of the molecule is CC(C)N(C)C(=O)c1cc(F)ccc1-n1cc(/C=C2\CCN(C(=O)OC(C)(C)C)C2)c2c(Cl)cncc21. The molecule has 1 aliphatic rings. The minimum Gasteiger partial charge on any atom is -0.444 e. The molecule has 1 aromatic carbocycles. The third kappa shape index (κ3) is 5.64. The van der Waals surface area contributed by atoms with Gasteiger partial charge in [0.1, 0.15) is 11.4 Å². The number of carbonyl (C=O) groups is 2. The van der Waals surface area contributed by atoms with Crippen LogP contribution >= 0.6 is 11.6 Å². The molecule has 1 saturated heterocycles. The molecule has 7 nitrogen and oxygen atoms in total. The molecule has 1 aliphatic heterocycles. The predicted octanol–water partition coefficient (Wildman–Crippen LogP) is 6.32. The molecule has 0 bridgehead atoms. The highest BCUT2D eigenvalue weighted by Gasteiger charge is 2.27. The molecule has 0 unspecified atom stereocenters. The van der Waals surface area contributed by atoms with E-state index in [9.17, 15) is 14.0 Å². The van der Waals surface area contributed by atoms with E-state index in [1.54, 1.807) is 35.3 Å². The second kappa shape index (κ2) is 10.2. The largest absolute Gasteiger partial charge is 0.444 e. The number of aromatic nitrogens is 2. The van der Waals surface area contributed by atoms with Crippen molar-refractivity contribution >= 4 is 40.6 Å². The Morgan fingerprint density at radius 1 is 1.24 bits per heavy atom. The smallest absolute Gasteiger partial charge is 0.410 e. The van der Waals surface area contributed by atoms with Crippen LogP contribution in [0.4, 0.5) is 9.18 Å². The number of likely N-dealkylation sites (tertiary alicyclic amines) is 1. The number of nitrogens with zero attached hydrogens (tertiary/aromatic N) is 4. The van der Waals surface area contributed by atoms with E-state index in [1.807, 2.05) is 51.5 Å². The van der Waals surface area contributed by atoms with Crippen LogP contribution in [0.5, 0.6) is 0 Å². The van der Waals surface area contributed by atoms with Gasteiger partial charge in [-0.25, -0.2) is 9.18 Å². The van der Waals surface area contributed by atoms with Crippen molar-refractivity contribution in [3.63, 3.8) is 0 Å². The number of amides is 2. The Kier molecular flexibility index (Phi) is 7.33. The molecule has 0 atom stereocenters. The van der Waals surface area contributed by atoms with Gasteiger partial charge in [-0.05, 0) is 64.8 Å². The fourth-order valence-corrected chi connectivity index (χ4v) is 4.55. The summed E-state index contributed by atoms with van der Waals surface area (Å²) in [5.41, 5.74) is 2.76. The number of carbonyl (C=O) groups excluding carboxylic acids is 2. The zero-order valence-electron chi connectivity index (χ0n) is 22.0. The van der Waals surface area contributed by atoms with Gasteiger partial charge < -0.3 is 19.1 Å². The molecule has 2 aromatic heterocycles. The van der Waals surface area contributed by atoms with Gasteiger partial charge in [0.2, 0.25) is 0 Å². The summed E-state index contributed by atoms with van der Waals surface area (Å²) in [7, 11) is 1.69. The Labute approximate surface area is 221 Å². The summed E-state index contributed by atoms with van der Waals surface area (Å²) < 4.78 is 21.6. The van der Waals surface area contributed by atoms with Crippen molar-refractivity contribution in [2.75, 3.05) is 20.1 Å². The van der Waals surface area contributed by atoms with Crippen molar-refractivity contribution in [2.24, 2.45) is 0 Å². The fraction of sp³-hybridized carbons (Fsp3) is 0.393. The molecule has 2 amide bonds. The molecule has 3 aromatic rings. The van der Waals surface area contributed by atoms with Gasteiger partial charge in [0.15, 0.2) is 0 Å². The maximum Gasteiger partial charge on any atom is 0.410 e. The van der Waals surface area contributed by atoms with Crippen molar-refractivity contribution in [1.82, 2.24) is 19.4 Å². The number of pyridine rings is 1. The minimum atomic E-state index is -0.564. The van der Waals surface area contributed by atoms with Crippen LogP contribution in [0.15, 0.2) is 42.4 Å². The summed E-state index contributed by atoms with van der Waals surface area (Å²) in [6.45, 7) is 10.3. The quantitative estimate of drug-likeness (QED) is 0.399. The fourth-order valence-electron chi connectivity index (χ4n) is 4.29. The van der Waals surface area contributed by atoms with Crippen LogP contribution in [0.1, 0.15) is 57.0 Å². The Morgan fingerprint density at radius 3 is 2.65 bits per heavy atom. The number of hydrogen-bond donors (Lipinski definition) is 0. The lowest BCUT2D eigenvalue weighted by molar-refractivity contribution is 0.0299. The number of fused-ring (bicyclic) bond motifs is 1. The van der Waals surface area contributed by atoms with E-state index in [1.165, 1.54) is 12.1 Å². The lowest BCUT2D eigenvalue weighted by atomic mass is 10.1. The Morgan fingerprint density at radius 2 is 1.97 bits per heavy atom. The van der Waals surface area contributed by atoms with Crippen molar-refractivity contribution < 1.29 is 18.7 Å². The number of benzene rings is 1. The average molecular weight is 527 g/mol. The molecule has 0 N–H and O–H groups in total. The van der Waals surface area contributed by atoms with Crippen molar-refractivity contribution in [3.05, 3.63) is 64.3 Å². The highest BCUT2D eigenvalue weighted by atomic mass is 35.5. The second-order valence-corrected chi connectivity index (χ2v) is 11.0. The summed E-state index contributed by atoms with van der Waals surface area (Å²) in [4.78, 5) is 33.3. The first-order valence-electron chi connectivity index (χ1n) is 12.2. The van der Waals surface area contributed by atoms with Crippen molar-refractivity contribution in [3.8, 4) is 5.69 Å². The van der Waals surface area contributed by atoms with E-state index in [0.29, 0.717) is 35.7 Å². The zero-order valence-corrected chi connectivity index (χ0v) is 22.8. The van der Waals surface area contributed by atoms with Crippen molar-refractivity contribution in [1.29, 1.82) is 0 Å². The third-order valence-corrected chi connectivity index (χ3v) is 6.63. The van der Waals surface area contributed by atoms with Gasteiger partial charge >= 0.3 is 6.09 Å². The molecule has 196 valence electrons. The van der Waals surface area contributed by atoms with Crippen LogP contribution in [0.3, 0.4) is 0 Å². The molecule has 0 aliphatic carbocycles. The molecule has 3 heterocycles. The van der Waals surface area contributed by atoms with Crippen LogP contribution in [-0.2, 0) is 4.74 Å².